The van der Waals surface area contributed by atoms with Crippen molar-refractivity contribution in [2.75, 3.05) is 10.6 Å². The minimum atomic E-state index is -2.72. The number of halogens is 2. The number of nitrogens with zero attached hydrogens (tertiary/aromatic N) is 3. The first kappa shape index (κ1) is 21.8. The van der Waals surface area contributed by atoms with Crippen LogP contribution in [-0.2, 0) is 9.59 Å². The summed E-state index contributed by atoms with van der Waals surface area (Å²) in [5, 5.41) is 9.02. The predicted octanol–water partition coefficient (Wildman–Crippen LogP) is 3.42. The molecule has 0 aromatic carbocycles. The lowest BCUT2D eigenvalue weighted by atomic mass is 9.85. The molecule has 2 aromatic heterocycles. The van der Waals surface area contributed by atoms with Crippen LogP contribution in [-0.4, -0.2) is 38.8 Å². The fourth-order valence-corrected chi connectivity index (χ4v) is 3.66. The molecule has 1 fully saturated rings. The first-order valence-corrected chi connectivity index (χ1v) is 10.0. The summed E-state index contributed by atoms with van der Waals surface area (Å²) >= 11 is 0. The molecule has 2 aromatic rings. The van der Waals surface area contributed by atoms with Crippen LogP contribution in [0.4, 0.5) is 20.5 Å². The monoisotopic (exact) mass is 420 g/mol. The Balaban J connectivity index is 1.81. The number of fused-ring (bicyclic) bond motifs is 1. The molecule has 0 bridgehead atoms. The molecule has 8 nitrogen and oxygen atoms in total. The Bertz CT molecular complexity index is 937. The second-order valence-electron chi connectivity index (χ2n) is 7.88. The van der Waals surface area contributed by atoms with Crippen molar-refractivity contribution in [2.45, 2.75) is 65.0 Å². The normalized spacial score (nSPS) is 19.2. The number of pyridine rings is 1. The molecular formula is C20H26F2N6O2. The number of aromatic nitrogens is 3. The zero-order chi connectivity index (χ0) is 21.8. The lowest BCUT2D eigenvalue weighted by Gasteiger charge is -2.28. The SMILES string of the molecule is CC(=O)N[C@@H]1CCCC(C(=O)Nc2ncc3cc(C(F)F)nc(NC(C)C)c3n2)C1. The van der Waals surface area contributed by atoms with Crippen LogP contribution >= 0.6 is 0 Å². The molecule has 2 amide bonds. The van der Waals surface area contributed by atoms with Crippen molar-refractivity contribution < 1.29 is 18.4 Å². The van der Waals surface area contributed by atoms with Gasteiger partial charge in [-0.05, 0) is 39.2 Å². The number of alkyl halides is 2. The highest BCUT2D eigenvalue weighted by Crippen LogP contribution is 2.28. The van der Waals surface area contributed by atoms with Gasteiger partial charge in [-0.25, -0.2) is 23.7 Å². The minimum Gasteiger partial charge on any atom is -0.366 e. The van der Waals surface area contributed by atoms with Crippen molar-refractivity contribution in [3.63, 3.8) is 0 Å². The summed E-state index contributed by atoms with van der Waals surface area (Å²) in [5.41, 5.74) is -0.00424. The predicted molar refractivity (Wildman–Crippen MR) is 109 cm³/mol. The van der Waals surface area contributed by atoms with Crippen LogP contribution in [0, 0.1) is 5.92 Å². The maximum atomic E-state index is 13.2. The van der Waals surface area contributed by atoms with Crippen LogP contribution in [0.1, 0.15) is 58.6 Å². The van der Waals surface area contributed by atoms with E-state index in [2.05, 4.69) is 30.9 Å². The molecule has 1 saturated carbocycles. The summed E-state index contributed by atoms with van der Waals surface area (Å²) < 4.78 is 26.3. The molecule has 0 aliphatic heterocycles. The average molecular weight is 420 g/mol. The Labute approximate surface area is 173 Å². The molecule has 0 saturated heterocycles. The average Bonchev–Trinajstić information content (AvgIpc) is 2.67. The van der Waals surface area contributed by atoms with E-state index in [0.29, 0.717) is 17.3 Å². The number of hydrogen-bond donors (Lipinski definition) is 3. The largest absolute Gasteiger partial charge is 0.366 e. The van der Waals surface area contributed by atoms with E-state index in [1.54, 1.807) is 0 Å². The fourth-order valence-electron chi connectivity index (χ4n) is 3.66. The zero-order valence-corrected chi connectivity index (χ0v) is 17.2. The van der Waals surface area contributed by atoms with Crippen molar-refractivity contribution in [1.82, 2.24) is 20.3 Å². The summed E-state index contributed by atoms with van der Waals surface area (Å²) in [6.07, 6.45) is 1.64. The Kier molecular flexibility index (Phi) is 6.73. The van der Waals surface area contributed by atoms with Gasteiger partial charge >= 0.3 is 0 Å². The summed E-state index contributed by atoms with van der Waals surface area (Å²) in [6.45, 7) is 5.19. The zero-order valence-electron chi connectivity index (χ0n) is 17.2. The highest BCUT2D eigenvalue weighted by Gasteiger charge is 2.28. The van der Waals surface area contributed by atoms with Gasteiger partial charge in [-0.2, -0.15) is 0 Å². The van der Waals surface area contributed by atoms with Gasteiger partial charge in [0.15, 0.2) is 5.82 Å². The molecule has 2 atom stereocenters. The number of carbonyl (C=O) groups excluding carboxylic acids is 2. The van der Waals surface area contributed by atoms with Gasteiger partial charge in [0.2, 0.25) is 17.8 Å². The van der Waals surface area contributed by atoms with Crippen LogP contribution in [0.3, 0.4) is 0 Å². The summed E-state index contributed by atoms with van der Waals surface area (Å²) in [7, 11) is 0. The third-order valence-electron chi connectivity index (χ3n) is 4.92. The molecular weight excluding hydrogens is 394 g/mol. The van der Waals surface area contributed by atoms with Crippen molar-refractivity contribution in [2.24, 2.45) is 5.92 Å². The quantitative estimate of drug-likeness (QED) is 0.661. The second kappa shape index (κ2) is 9.27. The van der Waals surface area contributed by atoms with E-state index in [4.69, 9.17) is 0 Å². The van der Waals surface area contributed by atoms with Crippen LogP contribution in [0.2, 0.25) is 0 Å². The van der Waals surface area contributed by atoms with Gasteiger partial charge < -0.3 is 10.6 Å². The Hall–Kier alpha value is -2.91. The van der Waals surface area contributed by atoms with Crippen molar-refractivity contribution in [3.05, 3.63) is 18.0 Å². The third kappa shape index (κ3) is 5.37. The Morgan fingerprint density at radius 3 is 2.63 bits per heavy atom. The van der Waals surface area contributed by atoms with Crippen LogP contribution < -0.4 is 16.0 Å². The van der Waals surface area contributed by atoms with E-state index in [0.717, 1.165) is 19.3 Å². The van der Waals surface area contributed by atoms with Crippen molar-refractivity contribution in [3.8, 4) is 0 Å². The van der Waals surface area contributed by atoms with E-state index < -0.39 is 6.43 Å². The van der Waals surface area contributed by atoms with E-state index in [9.17, 15) is 18.4 Å². The lowest BCUT2D eigenvalue weighted by Crippen LogP contribution is -2.40. The van der Waals surface area contributed by atoms with Gasteiger partial charge in [0.05, 0.1) is 0 Å². The lowest BCUT2D eigenvalue weighted by molar-refractivity contribution is -0.123. The van der Waals surface area contributed by atoms with Crippen LogP contribution in [0.5, 0.6) is 0 Å². The number of carbonyl (C=O) groups is 2. The van der Waals surface area contributed by atoms with Crippen molar-refractivity contribution in [1.29, 1.82) is 0 Å². The standard InChI is InChI=1S/C20H26F2N6O2/c1-10(2)24-18-16-13(8-15(26-18)17(21)22)9-23-20(27-16)28-19(30)12-5-4-6-14(7-12)25-11(3)29/h8-10,12,14,17H,4-7H2,1-3H3,(H,24,26)(H,25,29)(H,23,27,28,30)/t12?,14-/m1/s1. The maximum absolute atomic E-state index is 13.2. The van der Waals surface area contributed by atoms with Gasteiger partial charge in [-0.3, -0.25) is 14.9 Å². The maximum Gasteiger partial charge on any atom is 0.280 e. The number of anilines is 2. The van der Waals surface area contributed by atoms with Gasteiger partial charge in [-0.1, -0.05) is 6.42 Å². The molecule has 3 N–H and O–H groups in total. The molecule has 30 heavy (non-hydrogen) atoms. The molecule has 162 valence electrons. The number of hydrogen-bond acceptors (Lipinski definition) is 6. The number of amides is 2. The second-order valence-corrected chi connectivity index (χ2v) is 7.88. The number of nitrogens with one attached hydrogen (secondary N) is 3. The van der Waals surface area contributed by atoms with Gasteiger partial charge in [0.1, 0.15) is 11.2 Å². The molecule has 3 rings (SSSR count). The molecule has 1 aliphatic carbocycles. The highest BCUT2D eigenvalue weighted by atomic mass is 19.3. The summed E-state index contributed by atoms with van der Waals surface area (Å²) in [5.74, 6) is -0.283. The number of rotatable bonds is 6. The topological polar surface area (TPSA) is 109 Å². The fraction of sp³-hybridized carbons (Fsp3) is 0.550. The first-order chi connectivity index (χ1) is 14.2. The van der Waals surface area contributed by atoms with E-state index in [1.807, 2.05) is 13.8 Å². The van der Waals surface area contributed by atoms with Gasteiger partial charge in [-0.15, -0.1) is 0 Å². The smallest absolute Gasteiger partial charge is 0.280 e. The van der Waals surface area contributed by atoms with E-state index in [1.165, 1.54) is 19.2 Å². The summed E-state index contributed by atoms with van der Waals surface area (Å²) in [4.78, 5) is 36.4. The van der Waals surface area contributed by atoms with E-state index >= 15 is 0 Å². The van der Waals surface area contributed by atoms with Crippen LogP contribution in [0.15, 0.2) is 12.3 Å². The highest BCUT2D eigenvalue weighted by molar-refractivity contribution is 5.94. The first-order valence-electron chi connectivity index (χ1n) is 10.0. The molecule has 10 heteroatoms. The Morgan fingerprint density at radius 1 is 1.20 bits per heavy atom. The molecule has 2 heterocycles. The van der Waals surface area contributed by atoms with Gasteiger partial charge in [0.25, 0.3) is 6.43 Å². The van der Waals surface area contributed by atoms with Crippen molar-refractivity contribution >= 4 is 34.5 Å². The molecule has 1 unspecified atom stereocenters. The minimum absolute atomic E-state index is 0.0247. The summed E-state index contributed by atoms with van der Waals surface area (Å²) in [6, 6.07) is 1.17. The molecule has 1 aliphatic rings. The molecule has 0 radical (unpaired) electrons. The van der Waals surface area contributed by atoms with E-state index in [-0.39, 0.29) is 47.3 Å². The van der Waals surface area contributed by atoms with Gasteiger partial charge in [0, 0.05) is 36.5 Å². The van der Waals surface area contributed by atoms with Crippen LogP contribution in [0.25, 0.3) is 10.9 Å². The Morgan fingerprint density at radius 2 is 1.97 bits per heavy atom. The third-order valence-corrected chi connectivity index (χ3v) is 4.92. The molecule has 0 spiro atoms.